The summed E-state index contributed by atoms with van der Waals surface area (Å²) in [6.07, 6.45) is 3.50. The largest absolute Gasteiger partial charge is 0.368 e. The summed E-state index contributed by atoms with van der Waals surface area (Å²) in [5, 5.41) is 7.10. The second-order valence-corrected chi connectivity index (χ2v) is 3.02. The van der Waals surface area contributed by atoms with Crippen molar-refractivity contribution < 1.29 is 4.79 Å². The Morgan fingerprint density at radius 1 is 1.71 bits per heavy atom. The Hall–Kier alpha value is -1.36. The van der Waals surface area contributed by atoms with Gasteiger partial charge in [-0.1, -0.05) is 6.92 Å². The van der Waals surface area contributed by atoms with Gasteiger partial charge in [-0.2, -0.15) is 5.10 Å². The predicted octanol–water partition coefficient (Wildman–Crippen LogP) is 0.0389. The van der Waals surface area contributed by atoms with Crippen LogP contribution in [0.15, 0.2) is 12.4 Å². The number of rotatable bonds is 5. The minimum absolute atomic E-state index is 0.373. The molecule has 0 fully saturated rings. The maximum Gasteiger partial charge on any atom is 0.239 e. The van der Waals surface area contributed by atoms with E-state index in [-0.39, 0.29) is 5.91 Å². The van der Waals surface area contributed by atoms with Crippen LogP contribution in [0.25, 0.3) is 0 Å². The zero-order valence-electron chi connectivity index (χ0n) is 8.53. The molecule has 1 amide bonds. The van der Waals surface area contributed by atoms with Crippen molar-refractivity contribution in [1.29, 1.82) is 0 Å². The zero-order chi connectivity index (χ0) is 10.6. The fraction of sp³-hybridized carbons (Fsp3) is 0.556. The van der Waals surface area contributed by atoms with Gasteiger partial charge in [0.1, 0.15) is 6.04 Å². The summed E-state index contributed by atoms with van der Waals surface area (Å²) in [5.41, 5.74) is 6.09. The minimum Gasteiger partial charge on any atom is -0.368 e. The Morgan fingerprint density at radius 3 is 2.86 bits per heavy atom. The smallest absolute Gasteiger partial charge is 0.239 e. The summed E-state index contributed by atoms with van der Waals surface area (Å²) in [6.45, 7) is 5.41. The molecule has 0 radical (unpaired) electrons. The van der Waals surface area contributed by atoms with Crippen LogP contribution in [-0.2, 0) is 11.3 Å². The first-order chi connectivity index (χ1) is 6.69. The summed E-state index contributed by atoms with van der Waals surface area (Å²) < 4.78 is 1.77. The minimum atomic E-state index is -0.430. The number of hydrogen-bond donors (Lipinski definition) is 2. The molecular weight excluding hydrogens is 180 g/mol. The maximum atomic E-state index is 11.1. The van der Waals surface area contributed by atoms with Crippen LogP contribution in [0.3, 0.4) is 0 Å². The molecule has 0 saturated heterocycles. The summed E-state index contributed by atoms with van der Waals surface area (Å²) in [6, 6.07) is -0.430. The number of amides is 1. The fourth-order valence-corrected chi connectivity index (χ4v) is 1.29. The van der Waals surface area contributed by atoms with Crippen LogP contribution in [0.4, 0.5) is 0 Å². The average molecular weight is 196 g/mol. The van der Waals surface area contributed by atoms with Gasteiger partial charge in [0, 0.05) is 18.3 Å². The van der Waals surface area contributed by atoms with Crippen LogP contribution >= 0.6 is 0 Å². The molecule has 0 aromatic carbocycles. The van der Waals surface area contributed by atoms with Crippen molar-refractivity contribution in [1.82, 2.24) is 15.1 Å². The number of aryl methyl sites for hydroxylation is 1. The molecule has 3 N–H and O–H groups in total. The second-order valence-electron chi connectivity index (χ2n) is 3.02. The molecule has 0 aliphatic rings. The average Bonchev–Trinajstić information content (AvgIpc) is 2.61. The molecule has 5 heteroatoms. The number of nitrogens with zero attached hydrogens (tertiary/aromatic N) is 2. The van der Waals surface area contributed by atoms with Gasteiger partial charge in [-0.05, 0) is 13.5 Å². The Balaban J connectivity index is 2.81. The molecule has 1 rings (SSSR count). The molecule has 0 saturated carbocycles. The molecular formula is C9H16N4O. The summed E-state index contributed by atoms with van der Waals surface area (Å²) in [7, 11) is 0. The first kappa shape index (κ1) is 10.7. The van der Waals surface area contributed by atoms with Gasteiger partial charge in [-0.15, -0.1) is 0 Å². The first-order valence-electron chi connectivity index (χ1n) is 4.74. The Kier molecular flexibility index (Phi) is 3.64. The molecule has 5 nitrogen and oxygen atoms in total. The van der Waals surface area contributed by atoms with E-state index in [0.717, 1.165) is 12.1 Å². The highest BCUT2D eigenvalue weighted by Gasteiger charge is 2.17. The number of aromatic nitrogens is 2. The van der Waals surface area contributed by atoms with Gasteiger partial charge in [0.15, 0.2) is 0 Å². The highest BCUT2D eigenvalue weighted by atomic mass is 16.1. The van der Waals surface area contributed by atoms with Crippen molar-refractivity contribution in [2.75, 3.05) is 6.54 Å². The summed E-state index contributed by atoms with van der Waals surface area (Å²) >= 11 is 0. The highest BCUT2D eigenvalue weighted by molar-refractivity contribution is 5.81. The summed E-state index contributed by atoms with van der Waals surface area (Å²) in [4.78, 5) is 11.1. The number of nitrogens with one attached hydrogen (secondary N) is 1. The van der Waals surface area contributed by atoms with E-state index in [4.69, 9.17) is 5.73 Å². The van der Waals surface area contributed by atoms with Gasteiger partial charge in [-0.3, -0.25) is 9.48 Å². The van der Waals surface area contributed by atoms with E-state index in [0.29, 0.717) is 6.54 Å². The van der Waals surface area contributed by atoms with Gasteiger partial charge < -0.3 is 11.1 Å². The van der Waals surface area contributed by atoms with E-state index in [1.165, 1.54) is 0 Å². The monoisotopic (exact) mass is 196 g/mol. The van der Waals surface area contributed by atoms with E-state index < -0.39 is 6.04 Å². The Bertz CT molecular complexity index is 308. The lowest BCUT2D eigenvalue weighted by atomic mass is 10.1. The van der Waals surface area contributed by atoms with Crippen molar-refractivity contribution in [3.05, 3.63) is 18.0 Å². The number of primary amides is 1. The number of carbonyl (C=O) groups excluding carboxylic acids is 1. The number of likely N-dealkylation sites (N-methyl/N-ethyl adjacent to an activating group) is 1. The molecule has 1 aromatic rings. The van der Waals surface area contributed by atoms with E-state index in [2.05, 4.69) is 10.4 Å². The number of hydrogen-bond acceptors (Lipinski definition) is 3. The lowest BCUT2D eigenvalue weighted by molar-refractivity contribution is -0.120. The van der Waals surface area contributed by atoms with E-state index in [1.807, 2.05) is 20.0 Å². The molecule has 78 valence electrons. The van der Waals surface area contributed by atoms with Gasteiger partial charge in [-0.25, -0.2) is 0 Å². The normalized spacial score (nSPS) is 12.7. The quantitative estimate of drug-likeness (QED) is 0.698. The Morgan fingerprint density at radius 2 is 2.43 bits per heavy atom. The van der Waals surface area contributed by atoms with Crippen molar-refractivity contribution in [3.8, 4) is 0 Å². The van der Waals surface area contributed by atoms with Crippen LogP contribution < -0.4 is 11.1 Å². The molecule has 0 bridgehead atoms. The van der Waals surface area contributed by atoms with Crippen molar-refractivity contribution >= 4 is 5.91 Å². The highest BCUT2D eigenvalue weighted by Crippen LogP contribution is 2.10. The van der Waals surface area contributed by atoms with Gasteiger partial charge in [0.25, 0.3) is 0 Å². The van der Waals surface area contributed by atoms with Crippen LogP contribution in [0.1, 0.15) is 25.5 Å². The van der Waals surface area contributed by atoms with E-state index in [9.17, 15) is 4.79 Å². The molecule has 0 aliphatic heterocycles. The standard InChI is InChI=1S/C9H16N4O/c1-3-11-8(9(10)14)7-5-12-13(4-2)6-7/h5-6,8,11H,3-4H2,1-2H3,(H2,10,14). The van der Waals surface area contributed by atoms with Crippen LogP contribution in [0, 0.1) is 0 Å². The lowest BCUT2D eigenvalue weighted by Crippen LogP contribution is -2.33. The summed E-state index contributed by atoms with van der Waals surface area (Å²) in [5.74, 6) is -0.373. The van der Waals surface area contributed by atoms with Gasteiger partial charge in [0.2, 0.25) is 5.91 Å². The van der Waals surface area contributed by atoms with E-state index in [1.54, 1.807) is 10.9 Å². The predicted molar refractivity (Wildman–Crippen MR) is 53.5 cm³/mol. The van der Waals surface area contributed by atoms with Crippen molar-refractivity contribution in [2.45, 2.75) is 26.4 Å². The zero-order valence-corrected chi connectivity index (χ0v) is 8.53. The van der Waals surface area contributed by atoms with Crippen molar-refractivity contribution in [2.24, 2.45) is 5.73 Å². The topological polar surface area (TPSA) is 72.9 Å². The fourth-order valence-electron chi connectivity index (χ4n) is 1.29. The molecule has 14 heavy (non-hydrogen) atoms. The van der Waals surface area contributed by atoms with E-state index >= 15 is 0 Å². The van der Waals surface area contributed by atoms with Crippen molar-refractivity contribution in [3.63, 3.8) is 0 Å². The number of carbonyl (C=O) groups is 1. The third-order valence-corrected chi connectivity index (χ3v) is 2.00. The first-order valence-corrected chi connectivity index (χ1v) is 4.74. The molecule has 1 aromatic heterocycles. The molecule has 0 spiro atoms. The SMILES string of the molecule is CCNC(C(N)=O)c1cnn(CC)c1. The third-order valence-electron chi connectivity index (χ3n) is 2.00. The number of nitrogens with two attached hydrogens (primary N) is 1. The molecule has 1 heterocycles. The molecule has 1 atom stereocenters. The maximum absolute atomic E-state index is 11.1. The Labute approximate surface area is 83.3 Å². The van der Waals surface area contributed by atoms with Crippen LogP contribution in [-0.4, -0.2) is 22.2 Å². The second kappa shape index (κ2) is 4.76. The lowest BCUT2D eigenvalue weighted by Gasteiger charge is -2.11. The van der Waals surface area contributed by atoms with Gasteiger partial charge >= 0.3 is 0 Å². The molecule has 1 unspecified atom stereocenters. The van der Waals surface area contributed by atoms with Crippen LogP contribution in [0.5, 0.6) is 0 Å². The van der Waals surface area contributed by atoms with Crippen LogP contribution in [0.2, 0.25) is 0 Å². The molecule has 0 aliphatic carbocycles. The third kappa shape index (κ3) is 2.32. The van der Waals surface area contributed by atoms with Gasteiger partial charge in [0.05, 0.1) is 6.20 Å².